The number of nitrogens with one attached hydrogen (secondary N) is 2. The van der Waals surface area contributed by atoms with Gasteiger partial charge in [0, 0.05) is 22.3 Å². The molecule has 4 rings (SSSR count). The third-order valence-corrected chi connectivity index (χ3v) is 5.95. The third kappa shape index (κ3) is 5.23. The summed E-state index contributed by atoms with van der Waals surface area (Å²) in [7, 11) is 0. The first-order chi connectivity index (χ1) is 15.8. The molecule has 0 spiro atoms. The summed E-state index contributed by atoms with van der Waals surface area (Å²) in [5.41, 5.74) is 4.92. The van der Waals surface area contributed by atoms with E-state index in [4.69, 9.17) is 23.8 Å². The molecule has 0 saturated heterocycles. The molecular formula is C24H24ClFN6S. The van der Waals surface area contributed by atoms with Crippen molar-refractivity contribution in [3.63, 3.8) is 0 Å². The van der Waals surface area contributed by atoms with Crippen LogP contribution in [0.15, 0.2) is 54.6 Å². The van der Waals surface area contributed by atoms with Gasteiger partial charge < -0.3 is 10.6 Å². The maximum absolute atomic E-state index is 14.2. The van der Waals surface area contributed by atoms with Crippen molar-refractivity contribution in [1.82, 2.24) is 19.6 Å². The lowest BCUT2D eigenvalue weighted by Gasteiger charge is -2.11. The fourth-order valence-electron chi connectivity index (χ4n) is 3.61. The van der Waals surface area contributed by atoms with Gasteiger partial charge >= 0.3 is 0 Å². The molecule has 0 saturated carbocycles. The number of rotatable bonds is 6. The Kier molecular flexibility index (Phi) is 6.76. The number of aryl methyl sites for hydroxylation is 2. The number of benzene rings is 2. The Morgan fingerprint density at radius 2 is 1.73 bits per heavy atom. The van der Waals surface area contributed by atoms with Crippen molar-refractivity contribution in [2.24, 2.45) is 0 Å². The van der Waals surface area contributed by atoms with Crippen LogP contribution >= 0.6 is 23.8 Å². The standard InChI is InChI=1S/C24H24ClFN6S/c1-15-12-22(30-31(15)13-18-8-5-4-6-9-18)27-24(33)28-23-16(2)29-32(17(23)3)14-19-20(25)10-7-11-21(19)26/h4-12H,13-14H2,1-3H3,(H2,27,28,30,33). The van der Waals surface area contributed by atoms with E-state index in [0.29, 0.717) is 28.1 Å². The Morgan fingerprint density at radius 1 is 0.970 bits per heavy atom. The zero-order valence-corrected chi connectivity index (χ0v) is 20.1. The summed E-state index contributed by atoms with van der Waals surface area (Å²) in [5, 5.41) is 16.3. The second kappa shape index (κ2) is 9.72. The van der Waals surface area contributed by atoms with Gasteiger partial charge in [0.15, 0.2) is 10.9 Å². The van der Waals surface area contributed by atoms with Gasteiger partial charge in [-0.25, -0.2) is 4.39 Å². The minimum absolute atomic E-state index is 0.225. The first-order valence-corrected chi connectivity index (χ1v) is 11.2. The van der Waals surface area contributed by atoms with Gasteiger partial charge in [-0.3, -0.25) is 9.36 Å². The average Bonchev–Trinajstić information content (AvgIpc) is 3.24. The summed E-state index contributed by atoms with van der Waals surface area (Å²) in [6.07, 6.45) is 0. The third-order valence-electron chi connectivity index (χ3n) is 5.39. The Labute approximate surface area is 202 Å². The minimum atomic E-state index is -0.358. The highest BCUT2D eigenvalue weighted by Gasteiger charge is 2.16. The van der Waals surface area contributed by atoms with E-state index in [1.165, 1.54) is 11.6 Å². The highest BCUT2D eigenvalue weighted by molar-refractivity contribution is 7.80. The van der Waals surface area contributed by atoms with Crippen molar-refractivity contribution >= 4 is 40.4 Å². The van der Waals surface area contributed by atoms with Crippen LogP contribution in [0.5, 0.6) is 0 Å². The van der Waals surface area contributed by atoms with Gasteiger partial charge in [-0.2, -0.15) is 10.2 Å². The molecule has 0 aliphatic carbocycles. The van der Waals surface area contributed by atoms with E-state index in [1.54, 1.807) is 16.8 Å². The Morgan fingerprint density at radius 3 is 2.45 bits per heavy atom. The molecule has 0 unspecified atom stereocenters. The van der Waals surface area contributed by atoms with Crippen LogP contribution in [0.1, 0.15) is 28.2 Å². The topological polar surface area (TPSA) is 59.7 Å². The van der Waals surface area contributed by atoms with Crippen molar-refractivity contribution < 1.29 is 4.39 Å². The van der Waals surface area contributed by atoms with Gasteiger partial charge in [0.1, 0.15) is 5.82 Å². The van der Waals surface area contributed by atoms with Gasteiger partial charge in [-0.1, -0.05) is 48.0 Å². The lowest BCUT2D eigenvalue weighted by atomic mass is 10.2. The summed E-state index contributed by atoms with van der Waals surface area (Å²) in [4.78, 5) is 0. The number of nitrogens with zero attached hydrogens (tertiary/aromatic N) is 4. The largest absolute Gasteiger partial charge is 0.329 e. The van der Waals surface area contributed by atoms with Crippen LogP contribution in [0.3, 0.4) is 0 Å². The molecule has 0 aliphatic rings. The van der Waals surface area contributed by atoms with Crippen LogP contribution in [0.2, 0.25) is 5.02 Å². The molecule has 33 heavy (non-hydrogen) atoms. The number of hydrogen-bond acceptors (Lipinski definition) is 3. The summed E-state index contributed by atoms with van der Waals surface area (Å²) >= 11 is 11.7. The van der Waals surface area contributed by atoms with E-state index in [9.17, 15) is 4.39 Å². The summed E-state index contributed by atoms with van der Waals surface area (Å²) in [5.74, 6) is 0.296. The highest BCUT2D eigenvalue weighted by atomic mass is 35.5. The number of aromatic nitrogens is 4. The van der Waals surface area contributed by atoms with E-state index in [0.717, 1.165) is 22.8 Å². The van der Waals surface area contributed by atoms with E-state index in [-0.39, 0.29) is 12.4 Å². The first-order valence-electron chi connectivity index (χ1n) is 10.4. The van der Waals surface area contributed by atoms with Gasteiger partial charge in [0.2, 0.25) is 0 Å². The molecule has 0 aliphatic heterocycles. The molecule has 170 valence electrons. The van der Waals surface area contributed by atoms with Crippen LogP contribution in [0, 0.1) is 26.6 Å². The van der Waals surface area contributed by atoms with Crippen molar-refractivity contribution in [3.8, 4) is 0 Å². The van der Waals surface area contributed by atoms with Gasteiger partial charge in [-0.15, -0.1) is 0 Å². The first kappa shape index (κ1) is 22.9. The van der Waals surface area contributed by atoms with Crippen LogP contribution in [-0.4, -0.2) is 24.7 Å². The van der Waals surface area contributed by atoms with E-state index < -0.39 is 0 Å². The molecule has 2 aromatic carbocycles. The fourth-order valence-corrected chi connectivity index (χ4v) is 4.04. The van der Waals surface area contributed by atoms with Crippen molar-refractivity contribution in [2.45, 2.75) is 33.9 Å². The molecule has 6 nitrogen and oxygen atoms in total. The predicted molar refractivity (Wildman–Crippen MR) is 135 cm³/mol. The zero-order chi connectivity index (χ0) is 23.5. The molecule has 2 aromatic heterocycles. The Bertz CT molecular complexity index is 1280. The van der Waals surface area contributed by atoms with Crippen molar-refractivity contribution in [3.05, 3.63) is 93.6 Å². The Hall–Kier alpha value is -3.23. The molecule has 0 amide bonds. The quantitative estimate of drug-likeness (QED) is 0.345. The van der Waals surface area contributed by atoms with E-state index in [2.05, 4.69) is 33.0 Å². The maximum Gasteiger partial charge on any atom is 0.176 e. The monoisotopic (exact) mass is 482 g/mol. The van der Waals surface area contributed by atoms with Crippen LogP contribution in [-0.2, 0) is 13.1 Å². The summed E-state index contributed by atoms with van der Waals surface area (Å²) in [6, 6.07) is 16.7. The summed E-state index contributed by atoms with van der Waals surface area (Å²) in [6.45, 7) is 6.68. The smallest absolute Gasteiger partial charge is 0.176 e. The van der Waals surface area contributed by atoms with Crippen molar-refractivity contribution in [1.29, 1.82) is 0 Å². The number of anilines is 2. The molecule has 9 heteroatoms. The normalized spacial score (nSPS) is 10.9. The SMILES string of the molecule is Cc1nn(Cc2c(F)cccc2Cl)c(C)c1NC(=S)Nc1cc(C)n(Cc2ccccc2)n1. The van der Waals surface area contributed by atoms with Gasteiger partial charge in [0.25, 0.3) is 0 Å². The lowest BCUT2D eigenvalue weighted by molar-refractivity contribution is 0.579. The molecule has 0 atom stereocenters. The average molecular weight is 483 g/mol. The predicted octanol–water partition coefficient (Wildman–Crippen LogP) is 5.70. The van der Waals surface area contributed by atoms with E-state index in [1.807, 2.05) is 49.7 Å². The molecule has 0 fully saturated rings. The Balaban J connectivity index is 1.46. The molecule has 2 N–H and O–H groups in total. The van der Waals surface area contributed by atoms with Crippen LogP contribution in [0.4, 0.5) is 15.9 Å². The van der Waals surface area contributed by atoms with Gasteiger partial charge in [0.05, 0.1) is 30.2 Å². The minimum Gasteiger partial charge on any atom is -0.329 e. The number of halogens is 2. The van der Waals surface area contributed by atoms with Crippen LogP contribution < -0.4 is 10.6 Å². The fraction of sp³-hybridized carbons (Fsp3) is 0.208. The maximum atomic E-state index is 14.2. The van der Waals surface area contributed by atoms with Crippen molar-refractivity contribution in [2.75, 3.05) is 10.6 Å². The number of hydrogen-bond donors (Lipinski definition) is 2. The second-order valence-electron chi connectivity index (χ2n) is 7.80. The summed E-state index contributed by atoms with van der Waals surface area (Å²) < 4.78 is 17.9. The molecule has 4 aromatic rings. The van der Waals surface area contributed by atoms with Crippen LogP contribution in [0.25, 0.3) is 0 Å². The highest BCUT2D eigenvalue weighted by Crippen LogP contribution is 2.24. The number of thiocarbonyl (C=S) groups is 1. The molecule has 2 heterocycles. The molecule has 0 radical (unpaired) electrons. The molecular weight excluding hydrogens is 459 g/mol. The molecule has 0 bridgehead atoms. The van der Waals surface area contributed by atoms with E-state index >= 15 is 0 Å². The zero-order valence-electron chi connectivity index (χ0n) is 18.6. The van der Waals surface area contributed by atoms with Gasteiger partial charge in [-0.05, 0) is 50.7 Å². The lowest BCUT2D eigenvalue weighted by Crippen LogP contribution is -2.20. The second-order valence-corrected chi connectivity index (χ2v) is 8.61.